The molecular weight excluding hydrogens is 222 g/mol. The van der Waals surface area contributed by atoms with E-state index in [1.807, 2.05) is 30.3 Å². The van der Waals surface area contributed by atoms with Gasteiger partial charge in [0.15, 0.2) is 0 Å². The van der Waals surface area contributed by atoms with Crippen molar-refractivity contribution in [3.05, 3.63) is 35.9 Å². The maximum Gasteiger partial charge on any atom is 0.142 e. The second-order valence-electron chi connectivity index (χ2n) is 4.67. The molecule has 0 saturated heterocycles. The molecule has 0 aromatic heterocycles. The van der Waals surface area contributed by atoms with Crippen molar-refractivity contribution in [2.24, 2.45) is 5.73 Å². The minimum absolute atomic E-state index is 0.587. The molecule has 2 N–H and O–H groups in total. The molecule has 1 rings (SSSR count). The van der Waals surface area contributed by atoms with Gasteiger partial charge in [0.1, 0.15) is 5.54 Å². The number of likely N-dealkylation sites (N-methyl/N-ethyl adjacent to an activating group) is 1. The first-order chi connectivity index (χ1) is 8.66. The molecule has 0 fully saturated rings. The van der Waals surface area contributed by atoms with E-state index >= 15 is 0 Å². The van der Waals surface area contributed by atoms with Crippen molar-refractivity contribution < 1.29 is 0 Å². The van der Waals surface area contributed by atoms with Crippen LogP contribution < -0.4 is 5.73 Å². The summed E-state index contributed by atoms with van der Waals surface area (Å²) in [5.41, 5.74) is 6.24. The number of nitriles is 1. The zero-order valence-corrected chi connectivity index (χ0v) is 11.4. The van der Waals surface area contributed by atoms with E-state index in [1.165, 1.54) is 0 Å². The van der Waals surface area contributed by atoms with Crippen LogP contribution in [0, 0.1) is 11.3 Å². The summed E-state index contributed by atoms with van der Waals surface area (Å²) in [7, 11) is 0. The van der Waals surface area contributed by atoms with Crippen LogP contribution in [0.3, 0.4) is 0 Å². The molecule has 0 aliphatic carbocycles. The van der Waals surface area contributed by atoms with Gasteiger partial charge < -0.3 is 10.6 Å². The van der Waals surface area contributed by atoms with Crippen molar-refractivity contribution in [3.8, 4) is 6.07 Å². The number of benzene rings is 1. The van der Waals surface area contributed by atoms with Crippen LogP contribution in [0.2, 0.25) is 0 Å². The van der Waals surface area contributed by atoms with Gasteiger partial charge in [0.25, 0.3) is 0 Å². The minimum Gasteiger partial charge on any atom is -0.309 e. The average molecular weight is 245 g/mol. The zero-order valence-electron chi connectivity index (χ0n) is 11.4. The topological polar surface area (TPSA) is 53.0 Å². The Balaban J connectivity index is 2.79. The highest BCUT2D eigenvalue weighted by molar-refractivity contribution is 5.31. The number of hydrogen-bond acceptors (Lipinski definition) is 3. The fourth-order valence-corrected chi connectivity index (χ4v) is 2.01. The fourth-order valence-electron chi connectivity index (χ4n) is 2.01. The van der Waals surface area contributed by atoms with Gasteiger partial charge in [0, 0.05) is 6.54 Å². The first kappa shape index (κ1) is 14.7. The van der Waals surface area contributed by atoms with E-state index in [0.29, 0.717) is 6.54 Å². The molecule has 0 aliphatic rings. The third kappa shape index (κ3) is 3.83. The second kappa shape index (κ2) is 7.15. The van der Waals surface area contributed by atoms with Crippen LogP contribution in [0.1, 0.15) is 32.3 Å². The smallest absolute Gasteiger partial charge is 0.142 e. The summed E-state index contributed by atoms with van der Waals surface area (Å²) in [5, 5.41) is 9.41. The number of unbranched alkanes of at least 4 members (excludes halogenated alkanes) is 1. The molecule has 0 amide bonds. The standard InChI is InChI=1S/C15H23N3/c1-3-5-11-18(4-2)13-15(17,12-16)14-9-7-6-8-10-14/h6-10H,3-5,11,13,17H2,1-2H3. The molecule has 0 radical (unpaired) electrons. The van der Waals surface area contributed by atoms with Crippen LogP contribution in [0.4, 0.5) is 0 Å². The van der Waals surface area contributed by atoms with Crippen LogP contribution in [0.25, 0.3) is 0 Å². The lowest BCUT2D eigenvalue weighted by Gasteiger charge is -2.30. The molecule has 0 spiro atoms. The lowest BCUT2D eigenvalue weighted by atomic mass is 9.92. The van der Waals surface area contributed by atoms with Crippen molar-refractivity contribution in [2.45, 2.75) is 32.2 Å². The van der Waals surface area contributed by atoms with Crippen molar-refractivity contribution in [1.82, 2.24) is 4.90 Å². The molecular formula is C15H23N3. The van der Waals surface area contributed by atoms with Gasteiger partial charge >= 0.3 is 0 Å². The second-order valence-corrected chi connectivity index (χ2v) is 4.67. The highest BCUT2D eigenvalue weighted by Gasteiger charge is 2.29. The Morgan fingerprint density at radius 3 is 2.44 bits per heavy atom. The zero-order chi connectivity index (χ0) is 13.4. The molecule has 0 bridgehead atoms. The van der Waals surface area contributed by atoms with Crippen LogP contribution in [-0.4, -0.2) is 24.5 Å². The molecule has 0 heterocycles. The van der Waals surface area contributed by atoms with Gasteiger partial charge in [-0.05, 0) is 25.1 Å². The predicted octanol–water partition coefficient (Wildman–Crippen LogP) is 2.49. The molecule has 0 saturated carbocycles. The third-order valence-electron chi connectivity index (χ3n) is 3.24. The van der Waals surface area contributed by atoms with Crippen LogP contribution in [0.15, 0.2) is 30.3 Å². The quantitative estimate of drug-likeness (QED) is 0.803. The molecule has 3 heteroatoms. The van der Waals surface area contributed by atoms with E-state index in [4.69, 9.17) is 5.73 Å². The van der Waals surface area contributed by atoms with Gasteiger partial charge in [-0.3, -0.25) is 0 Å². The van der Waals surface area contributed by atoms with Gasteiger partial charge in [-0.1, -0.05) is 50.6 Å². The van der Waals surface area contributed by atoms with E-state index in [1.54, 1.807) is 0 Å². The maximum atomic E-state index is 9.41. The summed E-state index contributed by atoms with van der Waals surface area (Å²) in [6, 6.07) is 11.9. The molecule has 1 aromatic rings. The van der Waals surface area contributed by atoms with Crippen LogP contribution >= 0.6 is 0 Å². The number of nitrogens with two attached hydrogens (primary N) is 1. The normalized spacial score (nSPS) is 14.2. The lowest BCUT2D eigenvalue weighted by Crippen LogP contribution is -2.47. The first-order valence-corrected chi connectivity index (χ1v) is 6.64. The predicted molar refractivity (Wildman–Crippen MR) is 74.9 cm³/mol. The van der Waals surface area contributed by atoms with Gasteiger partial charge in [-0.2, -0.15) is 5.26 Å². The van der Waals surface area contributed by atoms with Crippen molar-refractivity contribution in [1.29, 1.82) is 5.26 Å². The molecule has 3 nitrogen and oxygen atoms in total. The Morgan fingerprint density at radius 1 is 1.28 bits per heavy atom. The van der Waals surface area contributed by atoms with Crippen LogP contribution in [0.5, 0.6) is 0 Å². The van der Waals surface area contributed by atoms with E-state index < -0.39 is 5.54 Å². The summed E-state index contributed by atoms with van der Waals surface area (Å²) in [5.74, 6) is 0. The summed E-state index contributed by atoms with van der Waals surface area (Å²) in [4.78, 5) is 2.25. The summed E-state index contributed by atoms with van der Waals surface area (Å²) in [6.07, 6.45) is 2.30. The fraction of sp³-hybridized carbons (Fsp3) is 0.533. The Bertz CT molecular complexity index is 382. The van der Waals surface area contributed by atoms with Crippen LogP contribution in [-0.2, 0) is 5.54 Å². The van der Waals surface area contributed by atoms with Gasteiger partial charge in [0.2, 0.25) is 0 Å². The molecule has 0 aliphatic heterocycles. The Hall–Kier alpha value is -1.37. The lowest BCUT2D eigenvalue weighted by molar-refractivity contribution is 0.241. The number of rotatable bonds is 7. The number of hydrogen-bond donors (Lipinski definition) is 1. The summed E-state index contributed by atoms with van der Waals surface area (Å²) < 4.78 is 0. The van der Waals surface area contributed by atoms with Crippen molar-refractivity contribution >= 4 is 0 Å². The molecule has 18 heavy (non-hydrogen) atoms. The SMILES string of the molecule is CCCCN(CC)CC(N)(C#N)c1ccccc1. The van der Waals surface area contributed by atoms with Gasteiger partial charge in [-0.25, -0.2) is 0 Å². The van der Waals surface area contributed by atoms with E-state index in [2.05, 4.69) is 24.8 Å². The first-order valence-electron chi connectivity index (χ1n) is 6.64. The van der Waals surface area contributed by atoms with Crippen molar-refractivity contribution in [2.75, 3.05) is 19.6 Å². The van der Waals surface area contributed by atoms with E-state index in [-0.39, 0.29) is 0 Å². The highest BCUT2D eigenvalue weighted by Crippen LogP contribution is 2.19. The monoisotopic (exact) mass is 245 g/mol. The largest absolute Gasteiger partial charge is 0.309 e. The van der Waals surface area contributed by atoms with E-state index in [0.717, 1.165) is 31.5 Å². The van der Waals surface area contributed by atoms with E-state index in [9.17, 15) is 5.26 Å². The summed E-state index contributed by atoms with van der Waals surface area (Å²) >= 11 is 0. The molecule has 1 unspecified atom stereocenters. The molecule has 1 atom stereocenters. The van der Waals surface area contributed by atoms with Gasteiger partial charge in [-0.15, -0.1) is 0 Å². The third-order valence-corrected chi connectivity index (χ3v) is 3.24. The Morgan fingerprint density at radius 2 is 1.94 bits per heavy atom. The van der Waals surface area contributed by atoms with Crippen molar-refractivity contribution in [3.63, 3.8) is 0 Å². The Kier molecular flexibility index (Phi) is 5.84. The number of nitrogens with zero attached hydrogens (tertiary/aromatic N) is 2. The maximum absolute atomic E-state index is 9.41. The summed E-state index contributed by atoms with van der Waals surface area (Å²) in [6.45, 7) is 6.79. The Labute approximate surface area is 110 Å². The van der Waals surface area contributed by atoms with Gasteiger partial charge in [0.05, 0.1) is 6.07 Å². The molecule has 1 aromatic carbocycles. The highest BCUT2D eigenvalue weighted by atomic mass is 15.1. The minimum atomic E-state index is -0.912. The average Bonchev–Trinajstić information content (AvgIpc) is 2.44. The molecule has 98 valence electrons.